The number of nitrogens with zero attached hydrogens (tertiary/aromatic N) is 1. The number of hydrogen-bond donors (Lipinski definition) is 0. The van der Waals surface area contributed by atoms with Crippen LogP contribution in [0.5, 0.6) is 0 Å². The summed E-state index contributed by atoms with van der Waals surface area (Å²) in [5.74, 6) is 0. The third-order valence-electron chi connectivity index (χ3n) is 29.5. The van der Waals surface area contributed by atoms with Crippen LogP contribution in [-0.4, -0.2) is 0 Å². The summed E-state index contributed by atoms with van der Waals surface area (Å²) in [6.07, 6.45) is 0. The van der Waals surface area contributed by atoms with Crippen LogP contribution in [0.15, 0.2) is 311 Å². The molecule has 0 aliphatic heterocycles. The van der Waals surface area contributed by atoms with E-state index in [0.29, 0.717) is 0 Å². The van der Waals surface area contributed by atoms with Crippen LogP contribution in [0.2, 0.25) is 0 Å². The van der Waals surface area contributed by atoms with E-state index in [2.05, 4.69) is 385 Å². The topological polar surface area (TPSA) is 42.7 Å². The average Bonchev–Trinajstić information content (AvgIpc) is 1.53. The van der Waals surface area contributed by atoms with Gasteiger partial charge in [-0.3, -0.25) is 0 Å². The van der Waals surface area contributed by atoms with Crippen LogP contribution in [0.3, 0.4) is 0 Å². The Morgan fingerprint density at radius 3 is 0.890 bits per heavy atom. The minimum Gasteiger partial charge on any atom is -0.455 e. The van der Waals surface area contributed by atoms with Crippen LogP contribution < -0.4 is 4.90 Å². The standard InChI is InChI=1S/C114H85NO3/c1-109(2)86-30-18-13-24-70(86)72-44-36-62(52-88(72)109)64-38-46-74-76-48-40-66(56-92(76)111(5,6)90(74)54-64)84-60-96-102(104-82-27-16-21-34-100(82)117-107(84)104)80-50-42-68(58-94(80)113(96,9)10)115(98-32-23-29-79-78-26-15-20-33-99(78)116-106(79)98)69-43-51-81-95(59-69)114(11,12)97-61-85(108-105(103(81)97)83-28-17-22-35-101(83)118-108)67-41-49-77-75-47-39-65(55-91(75)112(7,8)93(77)57-67)63-37-45-73-71-25-14-19-31-87(71)110(3,4)89(73)53-63/h13-61H,1-12H3. The molecule has 19 aromatic rings. The molecule has 4 nitrogen and oxygen atoms in total. The summed E-state index contributed by atoms with van der Waals surface area (Å²) in [4.78, 5) is 2.48. The lowest BCUT2D eigenvalue weighted by atomic mass is 9.79. The van der Waals surface area contributed by atoms with E-state index in [4.69, 9.17) is 13.3 Å². The molecule has 3 heterocycles. The first-order valence-corrected chi connectivity index (χ1v) is 42.1. The lowest BCUT2D eigenvalue weighted by Gasteiger charge is -2.29. The smallest absolute Gasteiger partial charge is 0.159 e. The van der Waals surface area contributed by atoms with Gasteiger partial charge in [-0.05, 0) is 264 Å². The van der Waals surface area contributed by atoms with Gasteiger partial charge in [-0.15, -0.1) is 0 Å². The van der Waals surface area contributed by atoms with Crippen LogP contribution in [0.1, 0.15) is 150 Å². The molecular formula is C114H85NO3. The zero-order valence-corrected chi connectivity index (χ0v) is 68.5. The van der Waals surface area contributed by atoms with Crippen molar-refractivity contribution in [2.45, 2.75) is 116 Å². The van der Waals surface area contributed by atoms with Gasteiger partial charge in [0.1, 0.15) is 27.9 Å². The highest BCUT2D eigenvalue weighted by Crippen LogP contribution is 2.63. The third kappa shape index (κ3) is 8.79. The van der Waals surface area contributed by atoms with Crippen molar-refractivity contribution in [1.82, 2.24) is 0 Å². The normalized spacial score (nSPS) is 16.0. The van der Waals surface area contributed by atoms with Gasteiger partial charge in [-0.2, -0.15) is 0 Å². The molecule has 3 aromatic heterocycles. The van der Waals surface area contributed by atoms with Gasteiger partial charge in [0.15, 0.2) is 5.58 Å². The molecule has 0 bridgehead atoms. The van der Waals surface area contributed by atoms with Gasteiger partial charge in [0, 0.05) is 87.3 Å². The molecule has 6 aliphatic rings. The maximum atomic E-state index is 7.25. The number of hydrogen-bond acceptors (Lipinski definition) is 4. The second kappa shape index (κ2) is 22.9. The highest BCUT2D eigenvalue weighted by molar-refractivity contribution is 6.21. The molecule has 0 N–H and O–H groups in total. The number of anilines is 3. The minimum atomic E-state index is -0.452. The first kappa shape index (κ1) is 68.0. The summed E-state index contributed by atoms with van der Waals surface area (Å²) < 4.78 is 21.6. The zero-order valence-electron chi connectivity index (χ0n) is 68.5. The SMILES string of the molecule is CC1(C)c2ccccc2-c2ccc(-c3ccc4c(c3)C(C)(C)c3cc(-c5cc6c(c7c5oc5ccccc57)-c5ccc(N(c7ccc8c(c7)C(C)(C)c7cc(-c9ccc%10c(c9)C(C)(C)c9cc(-c%11ccc%12c(c%11)C(C)(C)c%11ccccc%11-%12)ccc9-%10)c9oc%10ccccc%10c9c7-8)c7cccc8c7oc7ccccc78)cc5C6(C)C)ccc3-4)cc21. The Hall–Kier alpha value is -13.3. The Labute approximate surface area is 687 Å². The predicted octanol–water partition coefficient (Wildman–Crippen LogP) is 31.4. The summed E-state index contributed by atoms with van der Waals surface area (Å²) >= 11 is 0. The van der Waals surface area contributed by atoms with E-state index in [1.807, 2.05) is 0 Å². The second-order valence-electron chi connectivity index (χ2n) is 37.7. The molecule has 25 rings (SSSR count). The Kier molecular flexibility index (Phi) is 13.2. The maximum Gasteiger partial charge on any atom is 0.159 e. The van der Waals surface area contributed by atoms with Gasteiger partial charge in [0.25, 0.3) is 0 Å². The van der Waals surface area contributed by atoms with Crippen molar-refractivity contribution >= 4 is 82.9 Å². The first-order valence-electron chi connectivity index (χ1n) is 42.1. The second-order valence-corrected chi connectivity index (χ2v) is 37.7. The fraction of sp³-hybridized carbons (Fsp3) is 0.158. The van der Waals surface area contributed by atoms with Crippen molar-refractivity contribution in [3.63, 3.8) is 0 Å². The molecule has 0 saturated carbocycles. The van der Waals surface area contributed by atoms with E-state index >= 15 is 0 Å². The van der Waals surface area contributed by atoms with Crippen LogP contribution in [0.25, 0.3) is 177 Å². The monoisotopic (exact) mass is 1520 g/mol. The van der Waals surface area contributed by atoms with Crippen LogP contribution >= 0.6 is 0 Å². The highest BCUT2D eigenvalue weighted by Gasteiger charge is 2.46. The summed E-state index contributed by atoms with van der Waals surface area (Å²) in [7, 11) is 0. The number of fused-ring (bicyclic) bond motifs is 29. The Balaban J connectivity index is 0.600. The van der Waals surface area contributed by atoms with Crippen LogP contribution in [0.4, 0.5) is 17.1 Å². The fourth-order valence-electron chi connectivity index (χ4n) is 23.1. The Morgan fingerprint density at radius 1 is 0.195 bits per heavy atom. The zero-order chi connectivity index (χ0) is 79.5. The summed E-state index contributed by atoms with van der Waals surface area (Å²) in [5, 5.41) is 6.73. The van der Waals surface area contributed by atoms with Crippen molar-refractivity contribution in [2.24, 2.45) is 0 Å². The van der Waals surface area contributed by atoms with E-state index in [1.54, 1.807) is 0 Å². The average molecular weight is 1520 g/mol. The van der Waals surface area contributed by atoms with Gasteiger partial charge in [0.05, 0.1) is 5.69 Å². The number of rotatable bonds is 7. The third-order valence-corrected chi connectivity index (χ3v) is 29.5. The predicted molar refractivity (Wildman–Crippen MR) is 490 cm³/mol. The Bertz CT molecular complexity index is 7410. The molecule has 564 valence electrons. The molecule has 16 aromatic carbocycles. The first-order chi connectivity index (χ1) is 57.0. The van der Waals surface area contributed by atoms with E-state index in [0.717, 1.165) is 105 Å². The van der Waals surface area contributed by atoms with Gasteiger partial charge in [-0.1, -0.05) is 283 Å². The van der Waals surface area contributed by atoms with Gasteiger partial charge >= 0.3 is 0 Å². The van der Waals surface area contributed by atoms with Gasteiger partial charge in [0.2, 0.25) is 0 Å². The van der Waals surface area contributed by atoms with Crippen molar-refractivity contribution < 1.29 is 13.3 Å². The molecule has 0 radical (unpaired) electrons. The van der Waals surface area contributed by atoms with Crippen molar-refractivity contribution in [3.05, 3.63) is 364 Å². The van der Waals surface area contributed by atoms with E-state index in [-0.39, 0.29) is 21.7 Å². The summed E-state index contributed by atoms with van der Waals surface area (Å²) in [6.45, 7) is 28.9. The van der Waals surface area contributed by atoms with Gasteiger partial charge < -0.3 is 18.2 Å². The van der Waals surface area contributed by atoms with Crippen molar-refractivity contribution in [1.29, 1.82) is 0 Å². The molecule has 118 heavy (non-hydrogen) atoms. The molecule has 0 amide bonds. The van der Waals surface area contributed by atoms with Crippen LogP contribution in [0, 0.1) is 0 Å². The molecule has 0 saturated heterocycles. The molecule has 0 unspecified atom stereocenters. The number of para-hydroxylation sites is 4. The van der Waals surface area contributed by atoms with E-state index in [9.17, 15) is 0 Å². The van der Waals surface area contributed by atoms with E-state index in [1.165, 1.54) is 156 Å². The minimum absolute atomic E-state index is 0.0807. The largest absolute Gasteiger partial charge is 0.455 e. The van der Waals surface area contributed by atoms with Crippen molar-refractivity contribution in [3.8, 4) is 111 Å². The lowest BCUT2D eigenvalue weighted by Crippen LogP contribution is -2.18. The molecule has 0 spiro atoms. The number of benzene rings is 16. The Morgan fingerprint density at radius 2 is 0.483 bits per heavy atom. The van der Waals surface area contributed by atoms with E-state index < -0.39 is 10.8 Å². The molecular weight excluding hydrogens is 1430 g/mol. The molecule has 0 atom stereocenters. The molecule has 6 aliphatic carbocycles. The van der Waals surface area contributed by atoms with Gasteiger partial charge in [-0.25, -0.2) is 0 Å². The maximum absolute atomic E-state index is 7.25. The quantitative estimate of drug-likeness (QED) is 0.159. The molecule has 4 heteroatoms. The van der Waals surface area contributed by atoms with Crippen molar-refractivity contribution in [2.75, 3.05) is 4.90 Å². The highest BCUT2D eigenvalue weighted by atomic mass is 16.3. The lowest BCUT2D eigenvalue weighted by molar-refractivity contribution is 0.656. The number of furan rings is 3. The van der Waals surface area contributed by atoms with Crippen LogP contribution in [-0.2, 0) is 32.5 Å². The molecule has 0 fully saturated rings. The summed E-state index contributed by atoms with van der Waals surface area (Å²) in [6, 6.07) is 113. The summed E-state index contributed by atoms with van der Waals surface area (Å²) in [5.41, 5.74) is 47.8. The fourth-order valence-corrected chi connectivity index (χ4v) is 23.1.